The number of nitrogens with zero attached hydrogens (tertiary/aromatic N) is 1. The fourth-order valence-corrected chi connectivity index (χ4v) is 3.15. The molecular weight excluding hydrogens is 308 g/mol. The minimum atomic E-state index is -0.464. The molecule has 0 spiro atoms. The van der Waals surface area contributed by atoms with Crippen molar-refractivity contribution in [2.75, 3.05) is 11.9 Å². The number of hydrogen-bond acceptors (Lipinski definition) is 4. The molecule has 0 fully saturated rings. The molecule has 2 aromatic rings. The molecule has 0 unspecified atom stereocenters. The molecule has 0 amide bonds. The predicted octanol–water partition coefficient (Wildman–Crippen LogP) is 5.01. The van der Waals surface area contributed by atoms with Gasteiger partial charge in [0.05, 0.1) is 4.92 Å². The Morgan fingerprint density at radius 2 is 2.14 bits per heavy atom. The molecule has 1 aromatic carbocycles. The molecule has 21 heavy (non-hydrogen) atoms. The number of hydrogen-bond donors (Lipinski definition) is 1. The van der Waals surface area contributed by atoms with E-state index >= 15 is 0 Å². The maximum atomic E-state index is 10.9. The molecule has 112 valence electrons. The van der Waals surface area contributed by atoms with Crippen LogP contribution in [-0.4, -0.2) is 11.5 Å². The van der Waals surface area contributed by atoms with Gasteiger partial charge in [-0.15, -0.1) is 11.3 Å². The van der Waals surface area contributed by atoms with Crippen LogP contribution in [0.2, 0.25) is 5.02 Å². The van der Waals surface area contributed by atoms with Gasteiger partial charge in [0.1, 0.15) is 5.02 Å². The van der Waals surface area contributed by atoms with Gasteiger partial charge in [0.15, 0.2) is 0 Å². The molecule has 0 bridgehead atoms. The van der Waals surface area contributed by atoms with Crippen LogP contribution in [0.1, 0.15) is 24.3 Å². The summed E-state index contributed by atoms with van der Waals surface area (Å²) in [5.74, 6) is 0. The fraction of sp³-hybridized carbons (Fsp3) is 0.333. The molecule has 0 atom stereocenters. The summed E-state index contributed by atoms with van der Waals surface area (Å²) in [6.07, 6.45) is 0. The smallest absolute Gasteiger partial charge is 0.288 e. The first-order chi connectivity index (χ1) is 9.81. The molecule has 1 aromatic heterocycles. The molecular formula is C15H17ClN2O2S. The highest BCUT2D eigenvalue weighted by atomic mass is 35.5. The van der Waals surface area contributed by atoms with E-state index in [-0.39, 0.29) is 16.1 Å². The van der Waals surface area contributed by atoms with E-state index in [9.17, 15) is 10.1 Å². The molecule has 1 heterocycles. The van der Waals surface area contributed by atoms with Crippen LogP contribution in [-0.2, 0) is 5.41 Å². The number of thiophene rings is 1. The second kappa shape index (κ2) is 6.03. The van der Waals surface area contributed by atoms with Crippen molar-refractivity contribution in [2.24, 2.45) is 0 Å². The highest BCUT2D eigenvalue weighted by Crippen LogP contribution is 2.32. The first-order valence-electron chi connectivity index (χ1n) is 6.53. The molecule has 0 saturated carbocycles. The lowest BCUT2D eigenvalue weighted by atomic mass is 9.91. The van der Waals surface area contributed by atoms with Crippen LogP contribution in [0, 0.1) is 17.0 Å². The van der Waals surface area contributed by atoms with Crippen molar-refractivity contribution in [3.05, 3.63) is 55.2 Å². The van der Waals surface area contributed by atoms with E-state index in [1.165, 1.54) is 10.9 Å². The van der Waals surface area contributed by atoms with E-state index in [4.69, 9.17) is 11.6 Å². The Morgan fingerprint density at radius 3 is 2.71 bits per heavy atom. The standard InChI is InChI=1S/C15H17ClN2O2S/c1-10-7-13(18(19)20)11(16)8-12(10)17-9-15(2,3)14-5-4-6-21-14/h4-8,17H,9H2,1-3H3. The van der Waals surface area contributed by atoms with Crippen molar-refractivity contribution >= 4 is 34.3 Å². The largest absolute Gasteiger partial charge is 0.384 e. The summed E-state index contributed by atoms with van der Waals surface area (Å²) in [7, 11) is 0. The van der Waals surface area contributed by atoms with Gasteiger partial charge < -0.3 is 5.32 Å². The Balaban J connectivity index is 2.17. The minimum Gasteiger partial charge on any atom is -0.384 e. The number of rotatable bonds is 5. The van der Waals surface area contributed by atoms with Gasteiger partial charge in [-0.25, -0.2) is 0 Å². The van der Waals surface area contributed by atoms with Crippen molar-refractivity contribution in [1.29, 1.82) is 0 Å². The number of nitrogens with one attached hydrogen (secondary N) is 1. The van der Waals surface area contributed by atoms with Crippen molar-refractivity contribution < 1.29 is 4.92 Å². The topological polar surface area (TPSA) is 55.2 Å². The summed E-state index contributed by atoms with van der Waals surface area (Å²) >= 11 is 7.69. The zero-order valence-corrected chi connectivity index (χ0v) is 13.7. The fourth-order valence-electron chi connectivity index (χ4n) is 2.06. The van der Waals surface area contributed by atoms with Gasteiger partial charge >= 0.3 is 0 Å². The summed E-state index contributed by atoms with van der Waals surface area (Å²) in [5.41, 5.74) is 1.56. The zero-order valence-electron chi connectivity index (χ0n) is 12.1. The number of nitro benzene ring substituents is 1. The maximum Gasteiger partial charge on any atom is 0.288 e. The van der Waals surface area contributed by atoms with Crippen LogP contribution in [0.5, 0.6) is 0 Å². The van der Waals surface area contributed by atoms with Crippen molar-refractivity contribution in [2.45, 2.75) is 26.2 Å². The zero-order chi connectivity index (χ0) is 15.6. The van der Waals surface area contributed by atoms with Crippen LogP contribution in [0.3, 0.4) is 0 Å². The first kappa shape index (κ1) is 15.8. The molecule has 0 aliphatic rings. The third kappa shape index (κ3) is 3.54. The lowest BCUT2D eigenvalue weighted by molar-refractivity contribution is -0.384. The molecule has 0 radical (unpaired) electrons. The van der Waals surface area contributed by atoms with Crippen LogP contribution in [0.15, 0.2) is 29.6 Å². The van der Waals surface area contributed by atoms with E-state index in [1.807, 2.05) is 13.0 Å². The van der Waals surface area contributed by atoms with Crippen LogP contribution in [0.25, 0.3) is 0 Å². The number of anilines is 1. The van der Waals surface area contributed by atoms with Gasteiger partial charge in [0.25, 0.3) is 5.69 Å². The van der Waals surface area contributed by atoms with Gasteiger partial charge in [0, 0.05) is 28.6 Å². The summed E-state index contributed by atoms with van der Waals surface area (Å²) in [5, 5.41) is 16.4. The molecule has 0 aliphatic carbocycles. The second-order valence-corrected chi connectivity index (χ2v) is 6.95. The van der Waals surface area contributed by atoms with E-state index in [1.54, 1.807) is 17.4 Å². The Hall–Kier alpha value is -1.59. The average Bonchev–Trinajstić information content (AvgIpc) is 2.93. The monoisotopic (exact) mass is 324 g/mol. The minimum absolute atomic E-state index is 0.0190. The van der Waals surface area contributed by atoms with Gasteiger partial charge in [0.2, 0.25) is 0 Å². The Kier molecular flexibility index (Phi) is 4.54. The molecule has 4 nitrogen and oxygen atoms in total. The van der Waals surface area contributed by atoms with E-state index in [0.717, 1.165) is 17.8 Å². The second-order valence-electron chi connectivity index (χ2n) is 5.59. The van der Waals surface area contributed by atoms with Gasteiger partial charge in [-0.2, -0.15) is 0 Å². The molecule has 0 aliphatic heterocycles. The highest BCUT2D eigenvalue weighted by molar-refractivity contribution is 7.10. The number of aryl methyl sites for hydroxylation is 1. The van der Waals surface area contributed by atoms with Crippen molar-refractivity contribution in [3.63, 3.8) is 0 Å². The maximum absolute atomic E-state index is 10.9. The molecule has 1 N–H and O–H groups in total. The highest BCUT2D eigenvalue weighted by Gasteiger charge is 2.22. The number of halogens is 1. The summed E-state index contributed by atoms with van der Waals surface area (Å²) in [6.45, 7) is 6.88. The number of benzene rings is 1. The van der Waals surface area contributed by atoms with Crippen LogP contribution >= 0.6 is 22.9 Å². The SMILES string of the molecule is Cc1cc([N+](=O)[O-])c(Cl)cc1NCC(C)(C)c1cccs1. The van der Waals surface area contributed by atoms with Crippen LogP contribution in [0.4, 0.5) is 11.4 Å². The average molecular weight is 325 g/mol. The predicted molar refractivity (Wildman–Crippen MR) is 88.7 cm³/mol. The molecule has 6 heteroatoms. The summed E-state index contributed by atoms with van der Waals surface area (Å²) < 4.78 is 0. The summed E-state index contributed by atoms with van der Waals surface area (Å²) in [6, 6.07) is 7.28. The van der Waals surface area contributed by atoms with Crippen molar-refractivity contribution in [3.8, 4) is 0 Å². The quantitative estimate of drug-likeness (QED) is 0.621. The van der Waals surface area contributed by atoms with Crippen molar-refractivity contribution in [1.82, 2.24) is 0 Å². The van der Waals surface area contributed by atoms with E-state index < -0.39 is 4.92 Å². The van der Waals surface area contributed by atoms with E-state index in [0.29, 0.717) is 0 Å². The van der Waals surface area contributed by atoms with Gasteiger partial charge in [-0.3, -0.25) is 10.1 Å². The first-order valence-corrected chi connectivity index (χ1v) is 7.79. The lowest BCUT2D eigenvalue weighted by Crippen LogP contribution is -2.26. The Bertz CT molecular complexity index is 654. The lowest BCUT2D eigenvalue weighted by Gasteiger charge is -2.25. The third-order valence-electron chi connectivity index (χ3n) is 3.40. The number of nitro groups is 1. The Labute approximate surface area is 132 Å². The van der Waals surface area contributed by atoms with Gasteiger partial charge in [-0.1, -0.05) is 31.5 Å². The third-order valence-corrected chi connectivity index (χ3v) is 4.94. The normalized spacial score (nSPS) is 11.4. The molecule has 0 saturated heterocycles. The summed E-state index contributed by atoms with van der Waals surface area (Å²) in [4.78, 5) is 11.7. The van der Waals surface area contributed by atoms with Gasteiger partial charge in [-0.05, 0) is 30.0 Å². The molecule has 2 rings (SSSR count). The van der Waals surface area contributed by atoms with E-state index in [2.05, 4.69) is 30.6 Å². The van der Waals surface area contributed by atoms with Crippen LogP contribution < -0.4 is 5.32 Å². The Morgan fingerprint density at radius 1 is 1.43 bits per heavy atom.